The molecule has 0 N–H and O–H groups in total. The number of ether oxygens (including phenoxy) is 2. The number of carbonyl (C=O) groups excluding carboxylic acids is 1. The largest absolute Gasteiger partial charge is 0.493 e. The fraction of sp³-hybridized carbons (Fsp3) is 0.300. The fourth-order valence-electron chi connectivity index (χ4n) is 1.10. The van der Waals surface area contributed by atoms with Gasteiger partial charge in [0.1, 0.15) is 6.29 Å². The summed E-state index contributed by atoms with van der Waals surface area (Å²) in [6.45, 7) is -1.40. The summed E-state index contributed by atoms with van der Waals surface area (Å²) in [6.07, 6.45) is -3.84. The molecule has 0 bridgehead atoms. The van der Waals surface area contributed by atoms with E-state index in [-0.39, 0.29) is 11.5 Å². The number of hydrogen-bond acceptors (Lipinski definition) is 3. The minimum atomic E-state index is -4.42. The molecule has 0 atom stereocenters. The quantitative estimate of drug-likeness (QED) is 0.612. The van der Waals surface area contributed by atoms with Crippen LogP contribution in [-0.2, 0) is 0 Å². The highest BCUT2D eigenvalue weighted by Crippen LogP contribution is 2.34. The van der Waals surface area contributed by atoms with Gasteiger partial charge in [-0.25, -0.2) is 0 Å². The summed E-state index contributed by atoms with van der Waals surface area (Å²) in [5, 5.41) is 0. The van der Waals surface area contributed by atoms with Crippen LogP contribution < -0.4 is 9.47 Å². The number of carbonyl (C=O) groups is 1. The van der Waals surface area contributed by atoms with Crippen molar-refractivity contribution in [3.8, 4) is 11.5 Å². The Hall–Kier alpha value is -0.990. The zero-order valence-corrected chi connectivity index (χ0v) is 10.8. The van der Waals surface area contributed by atoms with E-state index < -0.39 is 12.8 Å². The Labute approximate surface area is 109 Å². The van der Waals surface area contributed by atoms with Crippen molar-refractivity contribution >= 4 is 28.9 Å². The first kappa shape index (κ1) is 14.1. The maximum Gasteiger partial charge on any atom is 0.422 e. The molecule has 94 valence electrons. The number of benzene rings is 1. The molecule has 0 radical (unpaired) electrons. The normalized spacial score (nSPS) is 11.1. The number of methoxy groups -OCH3 is 1. The van der Waals surface area contributed by atoms with Crippen LogP contribution in [0, 0.1) is 3.57 Å². The zero-order chi connectivity index (χ0) is 13.1. The van der Waals surface area contributed by atoms with Gasteiger partial charge in [0.2, 0.25) is 0 Å². The van der Waals surface area contributed by atoms with Gasteiger partial charge in [0.15, 0.2) is 18.1 Å². The standard InChI is InChI=1S/C10H8F3IO3/c1-16-8-3-6(4-15)2-7(14)9(8)17-5-10(11,12)13/h2-4H,5H2,1H3. The van der Waals surface area contributed by atoms with E-state index in [2.05, 4.69) is 4.74 Å². The van der Waals surface area contributed by atoms with Crippen LogP contribution >= 0.6 is 22.6 Å². The molecule has 0 aromatic heterocycles. The maximum atomic E-state index is 12.0. The van der Waals surface area contributed by atoms with Crippen molar-refractivity contribution in [3.63, 3.8) is 0 Å². The summed E-state index contributed by atoms with van der Waals surface area (Å²) >= 11 is 1.78. The molecule has 0 aliphatic heterocycles. The minimum Gasteiger partial charge on any atom is -0.493 e. The fourth-order valence-corrected chi connectivity index (χ4v) is 1.88. The van der Waals surface area contributed by atoms with Crippen molar-refractivity contribution in [3.05, 3.63) is 21.3 Å². The van der Waals surface area contributed by atoms with Gasteiger partial charge in [0.05, 0.1) is 10.7 Å². The Morgan fingerprint density at radius 3 is 2.53 bits per heavy atom. The molecule has 1 aromatic carbocycles. The average molecular weight is 360 g/mol. The Morgan fingerprint density at radius 1 is 1.41 bits per heavy atom. The number of aldehydes is 1. The van der Waals surface area contributed by atoms with Crippen molar-refractivity contribution in [1.29, 1.82) is 0 Å². The van der Waals surface area contributed by atoms with Crippen LogP contribution in [0.25, 0.3) is 0 Å². The minimum absolute atomic E-state index is 0.0176. The van der Waals surface area contributed by atoms with Gasteiger partial charge in [-0.05, 0) is 34.7 Å². The van der Waals surface area contributed by atoms with Gasteiger partial charge < -0.3 is 9.47 Å². The number of halogens is 4. The molecule has 0 spiro atoms. The van der Waals surface area contributed by atoms with Gasteiger partial charge in [-0.1, -0.05) is 0 Å². The molecule has 0 aliphatic carbocycles. The second kappa shape index (κ2) is 5.56. The summed E-state index contributed by atoms with van der Waals surface area (Å²) in [4.78, 5) is 10.6. The first-order valence-corrected chi connectivity index (χ1v) is 5.47. The lowest BCUT2D eigenvalue weighted by Crippen LogP contribution is -2.20. The lowest BCUT2D eigenvalue weighted by Gasteiger charge is -2.14. The van der Waals surface area contributed by atoms with E-state index in [1.54, 1.807) is 22.6 Å². The third-order valence-electron chi connectivity index (χ3n) is 1.77. The Kier molecular flexibility index (Phi) is 4.61. The second-order valence-corrected chi connectivity index (χ2v) is 4.22. The summed E-state index contributed by atoms with van der Waals surface area (Å²) in [7, 11) is 1.29. The third-order valence-corrected chi connectivity index (χ3v) is 2.57. The van der Waals surface area contributed by atoms with Crippen LogP contribution in [0.3, 0.4) is 0 Å². The molecule has 0 amide bonds. The van der Waals surface area contributed by atoms with E-state index in [4.69, 9.17) is 4.74 Å². The number of hydrogen-bond donors (Lipinski definition) is 0. The molecule has 1 aromatic rings. The van der Waals surface area contributed by atoms with Crippen LogP contribution in [0.1, 0.15) is 10.4 Å². The van der Waals surface area contributed by atoms with Gasteiger partial charge in [-0.15, -0.1) is 0 Å². The zero-order valence-electron chi connectivity index (χ0n) is 8.68. The van der Waals surface area contributed by atoms with Gasteiger partial charge >= 0.3 is 6.18 Å². The molecule has 3 nitrogen and oxygen atoms in total. The highest BCUT2D eigenvalue weighted by molar-refractivity contribution is 14.1. The van der Waals surface area contributed by atoms with E-state index in [0.717, 1.165) is 0 Å². The molecule has 7 heteroatoms. The molecule has 0 heterocycles. The summed E-state index contributed by atoms with van der Waals surface area (Å²) in [5.41, 5.74) is 0.311. The SMILES string of the molecule is COc1cc(C=O)cc(I)c1OCC(F)(F)F. The van der Waals surface area contributed by atoms with E-state index >= 15 is 0 Å². The maximum absolute atomic E-state index is 12.0. The van der Waals surface area contributed by atoms with Gasteiger partial charge in [0.25, 0.3) is 0 Å². The van der Waals surface area contributed by atoms with Gasteiger partial charge in [0, 0.05) is 5.56 Å². The molecule has 1 rings (SSSR count). The lowest BCUT2D eigenvalue weighted by molar-refractivity contribution is -0.153. The first-order valence-electron chi connectivity index (χ1n) is 4.39. The molecule has 0 unspecified atom stereocenters. The van der Waals surface area contributed by atoms with E-state index in [9.17, 15) is 18.0 Å². The van der Waals surface area contributed by atoms with Crippen LogP contribution in [0.15, 0.2) is 12.1 Å². The second-order valence-electron chi connectivity index (χ2n) is 3.06. The monoisotopic (exact) mass is 360 g/mol. The van der Waals surface area contributed by atoms with Crippen LogP contribution in [0.4, 0.5) is 13.2 Å². The number of alkyl halides is 3. The predicted octanol–water partition coefficient (Wildman–Crippen LogP) is 3.05. The lowest BCUT2D eigenvalue weighted by atomic mass is 10.2. The van der Waals surface area contributed by atoms with Crippen LogP contribution in [0.5, 0.6) is 11.5 Å². The van der Waals surface area contributed by atoms with E-state index in [1.165, 1.54) is 19.2 Å². The predicted molar refractivity (Wildman–Crippen MR) is 62.6 cm³/mol. The van der Waals surface area contributed by atoms with Crippen molar-refractivity contribution in [2.75, 3.05) is 13.7 Å². The highest BCUT2D eigenvalue weighted by atomic mass is 127. The van der Waals surface area contributed by atoms with Crippen LogP contribution in [0.2, 0.25) is 0 Å². The van der Waals surface area contributed by atoms with Crippen molar-refractivity contribution in [1.82, 2.24) is 0 Å². The Bertz CT molecular complexity index is 418. The molecule has 0 fully saturated rings. The molecular formula is C10H8F3IO3. The average Bonchev–Trinajstić information content (AvgIpc) is 2.25. The van der Waals surface area contributed by atoms with Gasteiger partial charge in [-0.3, -0.25) is 4.79 Å². The topological polar surface area (TPSA) is 35.5 Å². The van der Waals surface area contributed by atoms with Crippen molar-refractivity contribution < 1.29 is 27.4 Å². The molecular weight excluding hydrogens is 352 g/mol. The molecule has 0 aliphatic rings. The van der Waals surface area contributed by atoms with E-state index in [1.807, 2.05) is 0 Å². The molecule has 0 saturated heterocycles. The summed E-state index contributed by atoms with van der Waals surface area (Å²) < 4.78 is 46.0. The Morgan fingerprint density at radius 2 is 2.06 bits per heavy atom. The number of rotatable bonds is 4. The first-order chi connectivity index (χ1) is 7.87. The smallest absolute Gasteiger partial charge is 0.422 e. The van der Waals surface area contributed by atoms with Gasteiger partial charge in [-0.2, -0.15) is 13.2 Å². The summed E-state index contributed by atoms with van der Waals surface area (Å²) in [6, 6.07) is 2.74. The van der Waals surface area contributed by atoms with E-state index in [0.29, 0.717) is 15.4 Å². The van der Waals surface area contributed by atoms with Crippen molar-refractivity contribution in [2.45, 2.75) is 6.18 Å². The van der Waals surface area contributed by atoms with Crippen molar-refractivity contribution in [2.24, 2.45) is 0 Å². The van der Waals surface area contributed by atoms with Crippen LogP contribution in [-0.4, -0.2) is 26.2 Å². The highest BCUT2D eigenvalue weighted by Gasteiger charge is 2.29. The Balaban J connectivity index is 3.01. The molecule has 0 saturated carbocycles. The third kappa shape index (κ3) is 4.06. The summed E-state index contributed by atoms with van der Waals surface area (Å²) in [5.74, 6) is 0.0827. The molecule has 17 heavy (non-hydrogen) atoms.